The molecule has 5 atom stereocenters. The molecule has 0 amide bonds. The Morgan fingerprint density at radius 2 is 0.701 bits per heavy atom. The van der Waals surface area contributed by atoms with Crippen molar-refractivity contribution in [2.75, 3.05) is 6.61 Å². The maximum absolute atomic E-state index is 15.0. The van der Waals surface area contributed by atoms with E-state index in [0.29, 0.717) is 18.2 Å². The van der Waals surface area contributed by atoms with Crippen LogP contribution in [0, 0.1) is 0 Å². The molecule has 0 saturated heterocycles. The summed E-state index contributed by atoms with van der Waals surface area (Å²) in [7, 11) is 0. The third-order valence-electron chi connectivity index (χ3n) is 11.4. The van der Waals surface area contributed by atoms with E-state index in [1.165, 1.54) is 0 Å². The van der Waals surface area contributed by atoms with Crippen molar-refractivity contribution < 1.29 is 129 Å². The molecule has 0 fully saturated rings. The van der Waals surface area contributed by atoms with Gasteiger partial charge in [0, 0.05) is 38.9 Å². The molecular formula is C41H26O26. The molecule has 0 aliphatic carbocycles. The second kappa shape index (κ2) is 14.2. The first kappa shape index (κ1) is 42.7. The highest BCUT2D eigenvalue weighted by Crippen LogP contribution is 2.62. The topological polar surface area (TPSA) is 455 Å². The van der Waals surface area contributed by atoms with Gasteiger partial charge in [-0.2, -0.15) is 0 Å². The van der Waals surface area contributed by atoms with Gasteiger partial charge >= 0.3 is 29.8 Å². The van der Waals surface area contributed by atoms with Gasteiger partial charge in [0.25, 0.3) is 0 Å². The molecule has 26 nitrogen and oxygen atoms in total. The van der Waals surface area contributed by atoms with Crippen LogP contribution in [0.1, 0.15) is 63.5 Å². The first-order valence-electron chi connectivity index (χ1n) is 18.6. The first-order valence-corrected chi connectivity index (χ1v) is 18.6. The van der Waals surface area contributed by atoms with Gasteiger partial charge in [0.15, 0.2) is 81.9 Å². The van der Waals surface area contributed by atoms with Crippen molar-refractivity contribution in [1.29, 1.82) is 0 Å². The number of aliphatic hydroxyl groups excluding tert-OH is 1. The normalized spacial score (nSPS) is 20.6. The summed E-state index contributed by atoms with van der Waals surface area (Å²) in [5, 5.41) is 177. The number of aromatic hydroxyl groups is 15. The molecule has 16 N–H and O–H groups in total. The fourth-order valence-corrected chi connectivity index (χ4v) is 8.39. The Kier molecular flexibility index (Phi) is 9.05. The molecule has 0 aromatic heterocycles. The van der Waals surface area contributed by atoms with E-state index in [0.717, 1.165) is 0 Å². The monoisotopic (exact) mass is 934 g/mol. The summed E-state index contributed by atoms with van der Waals surface area (Å²) in [6, 6.07) is 1.07. The van der Waals surface area contributed by atoms with Crippen molar-refractivity contribution in [3.8, 4) is 120 Å². The van der Waals surface area contributed by atoms with Crippen LogP contribution in [-0.2, 0) is 23.7 Å². The number of rotatable bonds is 0. The molecular weight excluding hydrogens is 908 g/mol. The van der Waals surface area contributed by atoms with Gasteiger partial charge in [-0.1, -0.05) is 0 Å². The fraction of sp³-hybridized carbons (Fsp3) is 0.146. The zero-order chi connectivity index (χ0) is 48.7. The van der Waals surface area contributed by atoms with Crippen LogP contribution in [0.15, 0.2) is 18.2 Å². The minimum atomic E-state index is -2.79. The van der Waals surface area contributed by atoms with E-state index < -0.39 is 220 Å². The average Bonchev–Trinajstić information content (AvgIpc) is 3.30. The highest BCUT2D eigenvalue weighted by atomic mass is 16.6. The summed E-state index contributed by atoms with van der Waals surface area (Å²) in [6.45, 7) is -1.51. The van der Waals surface area contributed by atoms with Crippen LogP contribution in [-0.4, -0.2) is 143 Å². The summed E-state index contributed by atoms with van der Waals surface area (Å²) in [6.07, 6.45) is -13.4. The van der Waals surface area contributed by atoms with Gasteiger partial charge in [-0.15, -0.1) is 0 Å². The van der Waals surface area contributed by atoms with E-state index in [9.17, 15) is 106 Å². The number of esters is 5. The van der Waals surface area contributed by atoms with Crippen molar-refractivity contribution in [2.24, 2.45) is 0 Å². The molecule has 67 heavy (non-hydrogen) atoms. The van der Waals surface area contributed by atoms with E-state index in [1.807, 2.05) is 0 Å². The number of carbonyl (C=O) groups is 5. The highest BCUT2D eigenvalue weighted by molar-refractivity contribution is 6.16. The SMILES string of the molecule is O=C1OC[C@@H]2OC(=O)c3cc(O)c(O)c(O)c3-c3c(O)c(O)c(O)c4c3C(=O)O[C@H]([C@H]2OC(=O)c2cc(O)c(O)c(O)c2-c2c1cc(O)c(O)c2O)[C@H]1OC(=O)c2c-4c(O)c(O)c(O)c2[C@H]1O. The maximum Gasteiger partial charge on any atom is 0.340 e. The lowest BCUT2D eigenvalue weighted by atomic mass is 9.80. The van der Waals surface area contributed by atoms with Gasteiger partial charge < -0.3 is 105 Å². The summed E-state index contributed by atoms with van der Waals surface area (Å²) in [5.74, 6) is -32.1. The van der Waals surface area contributed by atoms with E-state index in [-0.39, 0.29) is 0 Å². The van der Waals surface area contributed by atoms with Crippen LogP contribution in [0.2, 0.25) is 0 Å². The van der Waals surface area contributed by atoms with Crippen molar-refractivity contribution in [2.45, 2.75) is 30.5 Å². The van der Waals surface area contributed by atoms with Crippen LogP contribution < -0.4 is 0 Å². The highest BCUT2D eigenvalue weighted by Gasteiger charge is 2.55. The molecule has 0 radical (unpaired) electrons. The smallest absolute Gasteiger partial charge is 0.340 e. The van der Waals surface area contributed by atoms with Crippen LogP contribution in [0.5, 0.6) is 86.2 Å². The Morgan fingerprint density at radius 3 is 1.21 bits per heavy atom. The number of phenols is 15. The van der Waals surface area contributed by atoms with Crippen molar-refractivity contribution in [1.82, 2.24) is 0 Å². The van der Waals surface area contributed by atoms with Crippen LogP contribution in [0.3, 0.4) is 0 Å². The first-order chi connectivity index (χ1) is 31.5. The lowest BCUT2D eigenvalue weighted by molar-refractivity contribution is -0.154. The molecule has 0 unspecified atom stereocenters. The molecule has 0 saturated carbocycles. The number of carbonyl (C=O) groups excluding carboxylic acids is 5. The zero-order valence-corrected chi connectivity index (χ0v) is 32.6. The Morgan fingerprint density at radius 1 is 0.343 bits per heavy atom. The molecule has 10 rings (SSSR count). The van der Waals surface area contributed by atoms with E-state index in [4.69, 9.17) is 23.7 Å². The lowest BCUT2D eigenvalue weighted by Crippen LogP contribution is -2.56. The maximum atomic E-state index is 15.0. The van der Waals surface area contributed by atoms with Crippen molar-refractivity contribution >= 4 is 29.8 Å². The summed E-state index contributed by atoms with van der Waals surface area (Å²) in [5.41, 5.74) is -14.9. The molecule has 0 spiro atoms. The Balaban J connectivity index is 1.44. The third-order valence-corrected chi connectivity index (χ3v) is 11.4. The predicted octanol–water partition coefficient (Wildman–Crippen LogP) is 1.32. The lowest BCUT2D eigenvalue weighted by Gasteiger charge is -2.40. The Hall–Kier alpha value is -9.59. The number of hydrogen-bond acceptors (Lipinski definition) is 26. The van der Waals surface area contributed by atoms with Gasteiger partial charge in [0.05, 0.1) is 27.8 Å². The van der Waals surface area contributed by atoms with Gasteiger partial charge in [0.2, 0.25) is 28.7 Å². The number of aliphatic hydroxyl groups is 1. The van der Waals surface area contributed by atoms with E-state index in [2.05, 4.69) is 0 Å². The second-order valence-electron chi connectivity index (χ2n) is 15.0. The van der Waals surface area contributed by atoms with Gasteiger partial charge in [-0.05, 0) is 18.2 Å². The quantitative estimate of drug-likeness (QED) is 0.0591. The number of ether oxygens (including phenoxy) is 5. The Labute approximate surface area is 367 Å². The average molecular weight is 935 g/mol. The van der Waals surface area contributed by atoms with Crippen molar-refractivity contribution in [3.63, 3.8) is 0 Å². The van der Waals surface area contributed by atoms with Crippen LogP contribution in [0.25, 0.3) is 33.4 Å². The molecule has 5 heterocycles. The van der Waals surface area contributed by atoms with Crippen LogP contribution in [0.4, 0.5) is 0 Å². The van der Waals surface area contributed by atoms with E-state index >= 15 is 0 Å². The van der Waals surface area contributed by atoms with E-state index in [1.54, 1.807) is 0 Å². The van der Waals surface area contributed by atoms with Gasteiger partial charge in [-0.3, -0.25) is 0 Å². The number of cyclic esters (lactones) is 1. The third kappa shape index (κ3) is 5.68. The molecule has 5 aliphatic rings. The van der Waals surface area contributed by atoms with Crippen molar-refractivity contribution in [3.05, 3.63) is 51.6 Å². The van der Waals surface area contributed by atoms with Crippen LogP contribution >= 0.6 is 0 Å². The Bertz CT molecular complexity index is 3190. The summed E-state index contributed by atoms with van der Waals surface area (Å²) < 4.78 is 27.8. The molecule has 6 bridgehead atoms. The number of phenolic OH excluding ortho intramolecular Hbond substituents is 15. The largest absolute Gasteiger partial charge is 0.504 e. The number of benzene rings is 5. The summed E-state index contributed by atoms with van der Waals surface area (Å²) >= 11 is 0. The minimum Gasteiger partial charge on any atom is -0.504 e. The molecule has 346 valence electrons. The summed E-state index contributed by atoms with van der Waals surface area (Å²) in [4.78, 5) is 72.4. The molecule has 26 heteroatoms. The van der Waals surface area contributed by atoms with Gasteiger partial charge in [0.1, 0.15) is 12.7 Å². The number of hydrogen-bond donors (Lipinski definition) is 16. The molecule has 5 aliphatic heterocycles. The van der Waals surface area contributed by atoms with Gasteiger partial charge in [-0.25, -0.2) is 24.0 Å². The number of fused-ring (bicyclic) bond motifs is 7. The molecule has 5 aromatic rings. The second-order valence-corrected chi connectivity index (χ2v) is 15.0. The minimum absolute atomic E-state index is 0.323. The standard InChI is InChI=1S/C41H26O26/c42-8-1-5-12(24(48)21(8)45)13-6(2-9(43)22(46)25(13)49)39(60)65-34-11(4-63-37(5)58)64-38(59)7-3-10(44)23(47)26(50)14(7)15-18-16(28(52)32(56)27(15)51)17-19-20(30(54)33(57)29(17)53)31(55)35(66-41(19)62)36(34)67-40(18)61/h1-3,11,31,34-36,42-57H,4H2/t11-,31+,34-,35-,36+/m0/s1. The predicted molar refractivity (Wildman–Crippen MR) is 206 cm³/mol. The zero-order valence-electron chi connectivity index (χ0n) is 32.6. The fourth-order valence-electron chi connectivity index (χ4n) is 8.39. The molecule has 5 aromatic carbocycles.